The lowest BCUT2D eigenvalue weighted by molar-refractivity contribution is -0.111. The number of nitrogens with two attached hydrogens (primary N) is 1. The van der Waals surface area contributed by atoms with Crippen LogP contribution in [0.4, 0.5) is 0 Å². The molecular weight excluding hydrogens is 123 g/mol. The maximum Gasteiger partial charge on any atom is 0.250 e. The molecule has 0 radical (unpaired) electrons. The monoisotopic (exact) mass is 130 g/mol. The van der Waals surface area contributed by atoms with Crippen LogP contribution in [0.2, 0.25) is 0 Å². The van der Waals surface area contributed by atoms with Crippen molar-refractivity contribution in [2.45, 2.75) is 0 Å². The van der Waals surface area contributed by atoms with Gasteiger partial charge in [0.2, 0.25) is 5.91 Å². The summed E-state index contributed by atoms with van der Waals surface area (Å²) in [6.45, 7) is 0.677. The highest BCUT2D eigenvalue weighted by molar-refractivity contribution is 7.44. The largest absolute Gasteiger partial charge is 0.366 e. The molecule has 4 heteroatoms. The van der Waals surface area contributed by atoms with Gasteiger partial charge in [0.1, 0.15) is 0 Å². The second-order valence-electron chi connectivity index (χ2n) is 1.55. The lowest BCUT2D eigenvalue weighted by Gasteiger charge is -1.88. The first-order valence-electron chi connectivity index (χ1n) is 2.34. The maximum absolute atomic E-state index is 10.3. The van der Waals surface area contributed by atoms with Gasteiger partial charge in [-0.25, -0.2) is 0 Å². The molecule has 1 aliphatic heterocycles. The highest BCUT2D eigenvalue weighted by Crippen LogP contribution is 2.01. The normalized spacial score (nSPS) is 20.2. The third kappa shape index (κ3) is 1.05. The second kappa shape index (κ2) is 2.25. The smallest absolute Gasteiger partial charge is 0.250 e. The molecule has 0 fully saturated rings. The van der Waals surface area contributed by atoms with E-state index in [1.165, 1.54) is 0 Å². The van der Waals surface area contributed by atoms with Crippen molar-refractivity contribution in [2.24, 2.45) is 5.73 Å². The lowest BCUT2D eigenvalue weighted by atomic mass is 10.4. The number of primary amides is 1. The van der Waals surface area contributed by atoms with E-state index in [2.05, 4.69) is 5.32 Å². The van der Waals surface area contributed by atoms with E-state index in [9.17, 15) is 4.79 Å². The fourth-order valence-corrected chi connectivity index (χ4v) is 1.34. The summed E-state index contributed by atoms with van der Waals surface area (Å²) in [5.41, 5.74) is 4.97. The molecule has 3 N–H and O–H groups in total. The minimum Gasteiger partial charge on any atom is -0.366 e. The molecule has 1 aliphatic rings. The lowest BCUT2D eigenvalue weighted by Crippen LogP contribution is -2.26. The van der Waals surface area contributed by atoms with Gasteiger partial charge in [-0.2, -0.15) is 0 Å². The van der Waals surface area contributed by atoms with E-state index in [-0.39, 0.29) is 5.91 Å². The van der Waals surface area contributed by atoms with Crippen molar-refractivity contribution in [1.29, 1.82) is 0 Å². The number of amides is 1. The zero-order valence-corrected chi connectivity index (χ0v) is 5.24. The average Bonchev–Trinajstić information content (AvgIpc) is 2.12. The van der Waals surface area contributed by atoms with E-state index in [4.69, 9.17) is 5.73 Å². The van der Waals surface area contributed by atoms with Crippen molar-refractivity contribution < 1.29 is 4.79 Å². The molecule has 1 amide bonds. The minimum atomic E-state index is -0.267. The van der Waals surface area contributed by atoms with Crippen LogP contribution in [0.5, 0.6) is 0 Å². The Morgan fingerprint density at radius 2 is 2.62 bits per heavy atom. The van der Waals surface area contributed by atoms with Gasteiger partial charge in [0.05, 0.1) is 5.29 Å². The molecule has 0 bridgehead atoms. The van der Waals surface area contributed by atoms with Crippen LogP contribution in [0.25, 0.3) is 0 Å². The Bertz CT molecular complexity index is 143. The third-order valence-corrected chi connectivity index (χ3v) is 2.10. The Morgan fingerprint density at radius 3 is 2.88 bits per heavy atom. The highest BCUT2D eigenvalue weighted by Gasteiger charge is 2.08. The zero-order chi connectivity index (χ0) is 5.98. The Morgan fingerprint density at radius 1 is 1.88 bits per heavy atom. The molecule has 0 saturated heterocycles. The molecule has 0 aromatic heterocycles. The van der Waals surface area contributed by atoms with Crippen molar-refractivity contribution in [1.82, 2.24) is 5.32 Å². The number of hydrogen-bond donors (Lipinski definition) is 2. The van der Waals surface area contributed by atoms with Crippen molar-refractivity contribution in [3.05, 3.63) is 0 Å². The molecular formula is C4H7N2OP. The van der Waals surface area contributed by atoms with Crippen LogP contribution in [0, 0.1) is 0 Å². The first-order valence-corrected chi connectivity index (χ1v) is 3.42. The topological polar surface area (TPSA) is 55.1 Å². The fourth-order valence-electron chi connectivity index (χ4n) is 0.547. The summed E-state index contributed by atoms with van der Waals surface area (Å²) in [4.78, 5) is 10.3. The molecule has 0 spiro atoms. The molecule has 8 heavy (non-hydrogen) atoms. The van der Waals surface area contributed by atoms with Crippen LogP contribution in [-0.4, -0.2) is 24.0 Å². The second-order valence-corrected chi connectivity index (χ2v) is 2.73. The van der Waals surface area contributed by atoms with Gasteiger partial charge in [0, 0.05) is 12.8 Å². The molecule has 0 aromatic carbocycles. The quantitative estimate of drug-likeness (QED) is 0.454. The van der Waals surface area contributed by atoms with Crippen LogP contribution < -0.4 is 11.1 Å². The number of nitrogens with one attached hydrogen (secondary N) is 1. The summed E-state index contributed by atoms with van der Waals surface area (Å²) < 4.78 is 0. The maximum atomic E-state index is 10.3. The van der Waals surface area contributed by atoms with E-state index >= 15 is 0 Å². The van der Waals surface area contributed by atoms with E-state index in [0.29, 0.717) is 6.54 Å². The van der Waals surface area contributed by atoms with Gasteiger partial charge in [-0.3, -0.25) is 4.79 Å². The van der Waals surface area contributed by atoms with Gasteiger partial charge in [-0.1, -0.05) is 8.20 Å². The van der Waals surface area contributed by atoms with Gasteiger partial charge >= 0.3 is 0 Å². The van der Waals surface area contributed by atoms with E-state index in [1.807, 2.05) is 0 Å². The summed E-state index contributed by atoms with van der Waals surface area (Å²) in [5.74, 6) is -0.267. The molecule has 0 unspecified atom stereocenters. The fraction of sp³-hybridized carbons (Fsp3) is 0.500. The SMILES string of the molecule is NC(=O)C1=PCNC1. The van der Waals surface area contributed by atoms with Gasteiger partial charge in [0.25, 0.3) is 0 Å². The number of carbonyl (C=O) groups excluding carboxylic acids is 1. The number of hydrogen-bond acceptors (Lipinski definition) is 2. The first-order chi connectivity index (χ1) is 3.80. The van der Waals surface area contributed by atoms with Crippen molar-refractivity contribution in [2.75, 3.05) is 12.8 Å². The molecule has 0 aromatic rings. The predicted molar refractivity (Wildman–Crippen MR) is 34.0 cm³/mol. The summed E-state index contributed by atoms with van der Waals surface area (Å²) in [5, 5.41) is 3.80. The summed E-state index contributed by atoms with van der Waals surface area (Å²) in [7, 11) is 1.05. The van der Waals surface area contributed by atoms with E-state index < -0.39 is 0 Å². The van der Waals surface area contributed by atoms with Gasteiger partial charge in [-0.15, -0.1) is 0 Å². The summed E-state index contributed by atoms with van der Waals surface area (Å²) in [6.07, 6.45) is 0.873. The van der Waals surface area contributed by atoms with E-state index in [1.54, 1.807) is 0 Å². The van der Waals surface area contributed by atoms with Crippen molar-refractivity contribution in [3.63, 3.8) is 0 Å². The predicted octanol–water partition coefficient (Wildman–Crippen LogP) is -0.849. The van der Waals surface area contributed by atoms with Crippen LogP contribution in [0.15, 0.2) is 0 Å². The number of carbonyl (C=O) groups is 1. The molecule has 0 atom stereocenters. The molecule has 0 saturated carbocycles. The highest BCUT2D eigenvalue weighted by atomic mass is 31.1. The van der Waals surface area contributed by atoms with Crippen LogP contribution in [0.3, 0.4) is 0 Å². The van der Waals surface area contributed by atoms with Gasteiger partial charge in [0.15, 0.2) is 0 Å². The molecule has 1 rings (SSSR count). The molecule has 1 heterocycles. The Kier molecular flexibility index (Phi) is 1.61. The molecule has 3 nitrogen and oxygen atoms in total. The Hall–Kier alpha value is -0.400. The van der Waals surface area contributed by atoms with Crippen LogP contribution in [-0.2, 0) is 4.79 Å². The van der Waals surface area contributed by atoms with Crippen LogP contribution >= 0.6 is 8.20 Å². The minimum absolute atomic E-state index is 0.267. The molecule has 0 aliphatic carbocycles. The summed E-state index contributed by atoms with van der Waals surface area (Å²) in [6, 6.07) is 0. The molecule has 44 valence electrons. The summed E-state index contributed by atoms with van der Waals surface area (Å²) >= 11 is 0. The van der Waals surface area contributed by atoms with E-state index in [0.717, 1.165) is 19.8 Å². The van der Waals surface area contributed by atoms with Crippen LogP contribution in [0.1, 0.15) is 0 Å². The first kappa shape index (κ1) is 5.73. The van der Waals surface area contributed by atoms with Gasteiger partial charge < -0.3 is 11.1 Å². The average molecular weight is 130 g/mol. The zero-order valence-electron chi connectivity index (χ0n) is 4.35. The third-order valence-electron chi connectivity index (χ3n) is 0.959. The Balaban J connectivity index is 2.57. The standard InChI is InChI=1S/C4H7N2OP/c5-4(7)3-1-6-2-8-3/h6H,1-2H2,(H2,5,7). The van der Waals surface area contributed by atoms with Crippen molar-refractivity contribution >= 4 is 19.4 Å². The Labute approximate surface area is 49.1 Å². The van der Waals surface area contributed by atoms with Gasteiger partial charge in [-0.05, 0) is 0 Å². The number of rotatable bonds is 1. The van der Waals surface area contributed by atoms with Crippen molar-refractivity contribution in [3.8, 4) is 0 Å².